The topological polar surface area (TPSA) is 86.5 Å². The van der Waals surface area contributed by atoms with Crippen molar-refractivity contribution in [2.45, 2.75) is 12.8 Å². The van der Waals surface area contributed by atoms with Gasteiger partial charge in [-0.15, -0.1) is 23.7 Å². The molecule has 0 unspecified atom stereocenters. The van der Waals surface area contributed by atoms with E-state index in [2.05, 4.69) is 10.3 Å². The Morgan fingerprint density at radius 1 is 1.32 bits per heavy atom. The number of nitrogens with zero attached hydrogens (tertiary/aromatic N) is 1. The van der Waals surface area contributed by atoms with E-state index >= 15 is 0 Å². The molecule has 0 aliphatic carbocycles. The lowest BCUT2D eigenvalue weighted by atomic mass is 10.1. The number of hydrogen-bond acceptors (Lipinski definition) is 6. The number of fused-ring (bicyclic) bond motifs is 1. The molecule has 25 heavy (non-hydrogen) atoms. The van der Waals surface area contributed by atoms with Crippen molar-refractivity contribution in [3.63, 3.8) is 0 Å². The highest BCUT2D eigenvalue weighted by atomic mass is 35.5. The van der Waals surface area contributed by atoms with Gasteiger partial charge in [0.15, 0.2) is 11.5 Å². The van der Waals surface area contributed by atoms with Crippen LogP contribution in [0.3, 0.4) is 0 Å². The van der Waals surface area contributed by atoms with Gasteiger partial charge in [-0.1, -0.05) is 11.6 Å². The number of thiazole rings is 1. The quantitative estimate of drug-likeness (QED) is 0.773. The van der Waals surface area contributed by atoms with Crippen LogP contribution in [0.5, 0.6) is 11.5 Å². The van der Waals surface area contributed by atoms with E-state index in [0.717, 1.165) is 10.6 Å². The van der Waals surface area contributed by atoms with E-state index in [9.17, 15) is 4.79 Å². The van der Waals surface area contributed by atoms with Crippen LogP contribution in [0.2, 0.25) is 5.02 Å². The number of carbonyl (C=O) groups excluding carboxylic acids is 1. The Balaban J connectivity index is 0.00000225. The van der Waals surface area contributed by atoms with Crippen molar-refractivity contribution >= 4 is 41.3 Å². The average molecular weight is 404 g/mol. The third kappa shape index (κ3) is 4.98. The van der Waals surface area contributed by atoms with Gasteiger partial charge >= 0.3 is 0 Å². The first-order chi connectivity index (χ1) is 11.7. The fourth-order valence-corrected chi connectivity index (χ4v) is 3.45. The SMILES string of the molecule is Cl.NCCc1nc(C(=O)NCCc2cc(Cl)c3c(c2)OCCO3)cs1. The maximum absolute atomic E-state index is 12.1. The summed E-state index contributed by atoms with van der Waals surface area (Å²) in [7, 11) is 0. The molecule has 3 N–H and O–H groups in total. The highest BCUT2D eigenvalue weighted by Gasteiger charge is 2.17. The highest BCUT2D eigenvalue weighted by molar-refractivity contribution is 7.09. The number of carbonyl (C=O) groups is 1. The Bertz CT molecular complexity index is 739. The van der Waals surface area contributed by atoms with E-state index in [-0.39, 0.29) is 18.3 Å². The number of amides is 1. The van der Waals surface area contributed by atoms with Crippen molar-refractivity contribution in [1.82, 2.24) is 10.3 Å². The number of nitrogens with two attached hydrogens (primary N) is 1. The third-order valence-electron chi connectivity index (χ3n) is 3.50. The molecule has 0 atom stereocenters. The number of halogens is 2. The van der Waals surface area contributed by atoms with Crippen LogP contribution in [0, 0.1) is 0 Å². The van der Waals surface area contributed by atoms with E-state index in [0.29, 0.717) is 61.4 Å². The van der Waals surface area contributed by atoms with Crippen LogP contribution in [-0.2, 0) is 12.8 Å². The number of rotatable bonds is 6. The Hall–Kier alpha value is -1.54. The van der Waals surface area contributed by atoms with Crippen LogP contribution in [0.25, 0.3) is 0 Å². The number of hydrogen-bond donors (Lipinski definition) is 2. The van der Waals surface area contributed by atoms with Gasteiger partial charge in [-0.2, -0.15) is 0 Å². The zero-order valence-electron chi connectivity index (χ0n) is 13.4. The lowest BCUT2D eigenvalue weighted by molar-refractivity contribution is 0.0949. The van der Waals surface area contributed by atoms with E-state index in [1.165, 1.54) is 11.3 Å². The molecule has 1 aromatic heterocycles. The molecular weight excluding hydrogens is 385 g/mol. The Kier molecular flexibility index (Phi) is 7.31. The molecule has 6 nitrogen and oxygen atoms in total. The van der Waals surface area contributed by atoms with Crippen molar-refractivity contribution in [3.8, 4) is 11.5 Å². The Labute approximate surface area is 161 Å². The first-order valence-electron chi connectivity index (χ1n) is 7.68. The maximum Gasteiger partial charge on any atom is 0.270 e. The first-order valence-corrected chi connectivity index (χ1v) is 8.94. The van der Waals surface area contributed by atoms with Gasteiger partial charge in [-0.3, -0.25) is 4.79 Å². The molecule has 9 heteroatoms. The van der Waals surface area contributed by atoms with Crippen molar-refractivity contribution in [1.29, 1.82) is 0 Å². The minimum absolute atomic E-state index is 0. The molecule has 1 aliphatic heterocycles. The van der Waals surface area contributed by atoms with E-state index < -0.39 is 0 Å². The molecule has 0 fully saturated rings. The van der Waals surface area contributed by atoms with Crippen LogP contribution in [0.4, 0.5) is 0 Å². The number of ether oxygens (including phenoxy) is 2. The molecule has 0 saturated carbocycles. The number of aromatic nitrogens is 1. The van der Waals surface area contributed by atoms with Gasteiger partial charge in [0.25, 0.3) is 5.91 Å². The summed E-state index contributed by atoms with van der Waals surface area (Å²) in [5, 5.41) is 6.02. The fourth-order valence-electron chi connectivity index (χ4n) is 2.37. The Morgan fingerprint density at radius 2 is 2.12 bits per heavy atom. The molecule has 1 aromatic carbocycles. The predicted molar refractivity (Wildman–Crippen MR) is 101 cm³/mol. The second kappa shape index (κ2) is 9.24. The van der Waals surface area contributed by atoms with E-state index in [1.54, 1.807) is 5.38 Å². The van der Waals surface area contributed by atoms with Gasteiger partial charge in [0.2, 0.25) is 0 Å². The summed E-state index contributed by atoms with van der Waals surface area (Å²) >= 11 is 7.66. The van der Waals surface area contributed by atoms with Gasteiger partial charge in [0, 0.05) is 18.3 Å². The highest BCUT2D eigenvalue weighted by Crippen LogP contribution is 2.38. The molecule has 136 valence electrons. The van der Waals surface area contributed by atoms with Gasteiger partial charge in [-0.05, 0) is 30.7 Å². The van der Waals surface area contributed by atoms with Crippen LogP contribution >= 0.6 is 35.3 Å². The summed E-state index contributed by atoms with van der Waals surface area (Å²) in [4.78, 5) is 16.3. The monoisotopic (exact) mass is 403 g/mol. The molecule has 2 heterocycles. The Morgan fingerprint density at radius 3 is 2.92 bits per heavy atom. The predicted octanol–water partition coefficient (Wildman–Crippen LogP) is 2.46. The smallest absolute Gasteiger partial charge is 0.270 e. The molecule has 0 radical (unpaired) electrons. The summed E-state index contributed by atoms with van der Waals surface area (Å²) in [6.45, 7) is 2.03. The number of benzene rings is 1. The van der Waals surface area contributed by atoms with Crippen molar-refractivity contribution < 1.29 is 14.3 Å². The number of nitrogens with one attached hydrogen (secondary N) is 1. The fraction of sp³-hybridized carbons (Fsp3) is 0.375. The van der Waals surface area contributed by atoms with Gasteiger partial charge in [-0.25, -0.2) is 4.98 Å². The normalized spacial score (nSPS) is 12.4. The molecule has 0 saturated heterocycles. The first kappa shape index (κ1) is 19.8. The van der Waals surface area contributed by atoms with Crippen LogP contribution < -0.4 is 20.5 Å². The lowest BCUT2D eigenvalue weighted by Crippen LogP contribution is -2.26. The summed E-state index contributed by atoms with van der Waals surface area (Å²) in [6, 6.07) is 3.73. The van der Waals surface area contributed by atoms with E-state index in [1.807, 2.05) is 12.1 Å². The molecule has 0 spiro atoms. The summed E-state index contributed by atoms with van der Waals surface area (Å²) in [5.41, 5.74) is 6.90. The van der Waals surface area contributed by atoms with Gasteiger partial charge < -0.3 is 20.5 Å². The van der Waals surface area contributed by atoms with Crippen LogP contribution in [-0.4, -0.2) is 37.2 Å². The van der Waals surface area contributed by atoms with Crippen molar-refractivity contribution in [3.05, 3.63) is 38.8 Å². The van der Waals surface area contributed by atoms with Crippen LogP contribution in [0.1, 0.15) is 21.1 Å². The van der Waals surface area contributed by atoms with Gasteiger partial charge in [0.05, 0.1) is 10.0 Å². The zero-order chi connectivity index (χ0) is 16.9. The van der Waals surface area contributed by atoms with E-state index in [4.69, 9.17) is 26.8 Å². The zero-order valence-corrected chi connectivity index (χ0v) is 15.8. The summed E-state index contributed by atoms with van der Waals surface area (Å²) in [5.74, 6) is 1.06. The molecule has 2 aromatic rings. The summed E-state index contributed by atoms with van der Waals surface area (Å²) < 4.78 is 11.0. The molecule has 1 aliphatic rings. The third-order valence-corrected chi connectivity index (χ3v) is 4.69. The summed E-state index contributed by atoms with van der Waals surface area (Å²) in [6.07, 6.45) is 1.33. The molecule has 1 amide bonds. The largest absolute Gasteiger partial charge is 0.486 e. The molecular formula is C16H19Cl2N3O3S. The molecule has 3 rings (SSSR count). The average Bonchev–Trinajstić information content (AvgIpc) is 3.04. The van der Waals surface area contributed by atoms with Crippen molar-refractivity contribution in [2.24, 2.45) is 5.73 Å². The second-order valence-corrected chi connectivity index (χ2v) is 6.62. The lowest BCUT2D eigenvalue weighted by Gasteiger charge is -2.20. The standard InChI is InChI=1S/C16H18ClN3O3S.ClH/c17-11-7-10(8-13-15(11)23-6-5-22-13)2-4-19-16(21)12-9-24-14(20-12)1-3-18;/h7-9H,1-6,18H2,(H,19,21);1H. The van der Waals surface area contributed by atoms with Gasteiger partial charge in [0.1, 0.15) is 18.9 Å². The minimum Gasteiger partial charge on any atom is -0.486 e. The second-order valence-electron chi connectivity index (χ2n) is 5.27. The van der Waals surface area contributed by atoms with Crippen LogP contribution in [0.15, 0.2) is 17.5 Å². The maximum atomic E-state index is 12.1. The minimum atomic E-state index is -0.182. The van der Waals surface area contributed by atoms with Crippen molar-refractivity contribution in [2.75, 3.05) is 26.3 Å². The molecule has 0 bridgehead atoms.